The number of carboxylic acids is 1. The second-order valence-electron chi connectivity index (χ2n) is 4.67. The molecular formula is C14H15NO5. The van der Waals surface area contributed by atoms with E-state index in [2.05, 4.69) is 0 Å². The van der Waals surface area contributed by atoms with Gasteiger partial charge in [0.05, 0.1) is 13.0 Å². The van der Waals surface area contributed by atoms with Crippen molar-refractivity contribution in [3.63, 3.8) is 0 Å². The lowest BCUT2D eigenvalue weighted by atomic mass is 9.98. The predicted molar refractivity (Wildman–Crippen MR) is 69.2 cm³/mol. The van der Waals surface area contributed by atoms with E-state index in [4.69, 9.17) is 9.84 Å². The molecule has 1 aromatic rings. The molecule has 106 valence electrons. The molecule has 1 fully saturated rings. The van der Waals surface area contributed by atoms with Crippen LogP contribution in [-0.2, 0) is 20.8 Å². The molecule has 0 radical (unpaired) electrons. The third kappa shape index (κ3) is 2.96. The summed E-state index contributed by atoms with van der Waals surface area (Å²) in [4.78, 5) is 35.1. The number of hydrogen-bond donors (Lipinski definition) is 1. The van der Waals surface area contributed by atoms with Crippen molar-refractivity contribution in [2.45, 2.75) is 12.8 Å². The van der Waals surface area contributed by atoms with Gasteiger partial charge in [0.25, 0.3) is 0 Å². The van der Waals surface area contributed by atoms with Crippen molar-refractivity contribution < 1.29 is 24.2 Å². The Morgan fingerprint density at radius 2 is 2.20 bits per heavy atom. The molecule has 6 nitrogen and oxygen atoms in total. The molecule has 1 atom stereocenters. The molecule has 1 aliphatic rings. The maximum absolute atomic E-state index is 12.0. The van der Waals surface area contributed by atoms with Gasteiger partial charge in [-0.15, -0.1) is 0 Å². The van der Waals surface area contributed by atoms with Crippen molar-refractivity contribution in [2.24, 2.45) is 5.92 Å². The Bertz CT molecular complexity index is 554. The predicted octanol–water partition coefficient (Wildman–Crippen LogP) is 0.697. The summed E-state index contributed by atoms with van der Waals surface area (Å²) in [5.74, 6) is -1.84. The normalized spacial score (nSPS) is 18.4. The van der Waals surface area contributed by atoms with Crippen LogP contribution in [0.15, 0.2) is 24.3 Å². The van der Waals surface area contributed by atoms with Crippen LogP contribution in [0, 0.1) is 5.92 Å². The number of carbonyl (C=O) groups is 3. The first kappa shape index (κ1) is 14.0. The first-order valence-electron chi connectivity index (χ1n) is 6.20. The van der Waals surface area contributed by atoms with Gasteiger partial charge in [-0.05, 0) is 24.1 Å². The van der Waals surface area contributed by atoms with Crippen molar-refractivity contribution in [1.82, 2.24) is 4.90 Å². The molecule has 1 heterocycles. The number of benzene rings is 1. The zero-order valence-corrected chi connectivity index (χ0v) is 11.0. The summed E-state index contributed by atoms with van der Waals surface area (Å²) in [6.45, 7) is -0.563. The largest absolute Gasteiger partial charge is 0.497 e. The number of aliphatic carboxylic acids is 1. The zero-order chi connectivity index (χ0) is 14.7. The molecule has 2 rings (SSSR count). The van der Waals surface area contributed by atoms with E-state index in [1.165, 1.54) is 0 Å². The number of likely N-dealkylation sites (tertiary alicyclic amines) is 1. The van der Waals surface area contributed by atoms with Gasteiger partial charge in [0.2, 0.25) is 11.8 Å². The highest BCUT2D eigenvalue weighted by molar-refractivity contribution is 6.05. The number of nitrogens with zero attached hydrogens (tertiary/aromatic N) is 1. The van der Waals surface area contributed by atoms with Crippen LogP contribution in [0.3, 0.4) is 0 Å². The smallest absolute Gasteiger partial charge is 0.323 e. The zero-order valence-electron chi connectivity index (χ0n) is 11.0. The van der Waals surface area contributed by atoms with Crippen molar-refractivity contribution >= 4 is 17.8 Å². The lowest BCUT2D eigenvalue weighted by molar-refractivity contribution is -0.149. The lowest BCUT2D eigenvalue weighted by Gasteiger charge is -2.12. The monoisotopic (exact) mass is 277 g/mol. The molecule has 1 saturated heterocycles. The van der Waals surface area contributed by atoms with Crippen LogP contribution in [0.25, 0.3) is 0 Å². The third-order valence-corrected chi connectivity index (χ3v) is 3.25. The SMILES string of the molecule is COc1cccc(CC2CC(=O)N(CC(=O)O)C2=O)c1. The summed E-state index contributed by atoms with van der Waals surface area (Å²) < 4.78 is 5.10. The fourth-order valence-electron chi connectivity index (χ4n) is 2.30. The summed E-state index contributed by atoms with van der Waals surface area (Å²) in [5.41, 5.74) is 0.882. The molecule has 0 aliphatic carbocycles. The summed E-state index contributed by atoms with van der Waals surface area (Å²) in [6, 6.07) is 7.25. The van der Waals surface area contributed by atoms with Gasteiger partial charge in [0.1, 0.15) is 12.3 Å². The van der Waals surface area contributed by atoms with E-state index >= 15 is 0 Å². The van der Waals surface area contributed by atoms with Gasteiger partial charge in [-0.1, -0.05) is 12.1 Å². The number of carbonyl (C=O) groups excluding carboxylic acids is 2. The molecule has 0 saturated carbocycles. The molecule has 1 N–H and O–H groups in total. The minimum absolute atomic E-state index is 0.0589. The van der Waals surface area contributed by atoms with Crippen molar-refractivity contribution in [1.29, 1.82) is 0 Å². The maximum atomic E-state index is 12.0. The van der Waals surface area contributed by atoms with Crippen LogP contribution in [0.2, 0.25) is 0 Å². The molecule has 0 aromatic heterocycles. The van der Waals surface area contributed by atoms with Crippen molar-refractivity contribution in [3.8, 4) is 5.75 Å². The topological polar surface area (TPSA) is 83.9 Å². The van der Waals surface area contributed by atoms with Gasteiger partial charge >= 0.3 is 5.97 Å². The number of amides is 2. The summed E-state index contributed by atoms with van der Waals surface area (Å²) in [5, 5.41) is 8.69. The van der Waals surface area contributed by atoms with Gasteiger partial charge in [0.15, 0.2) is 0 Å². The molecular weight excluding hydrogens is 262 g/mol. The lowest BCUT2D eigenvalue weighted by Crippen LogP contribution is -2.35. The quantitative estimate of drug-likeness (QED) is 0.801. The van der Waals surface area contributed by atoms with Crippen molar-refractivity contribution in [2.75, 3.05) is 13.7 Å². The molecule has 2 amide bonds. The molecule has 1 aliphatic heterocycles. The van der Waals surface area contributed by atoms with Crippen molar-refractivity contribution in [3.05, 3.63) is 29.8 Å². The summed E-state index contributed by atoms with van der Waals surface area (Å²) in [6.07, 6.45) is 0.460. The Morgan fingerprint density at radius 3 is 2.85 bits per heavy atom. The standard InChI is InChI=1S/C14H15NO5/c1-20-11-4-2-3-9(6-11)5-10-7-12(16)15(14(10)19)8-13(17)18/h2-4,6,10H,5,7-8H2,1H3,(H,17,18). The van der Waals surface area contributed by atoms with Crippen LogP contribution >= 0.6 is 0 Å². The highest BCUT2D eigenvalue weighted by Gasteiger charge is 2.39. The second-order valence-corrected chi connectivity index (χ2v) is 4.67. The third-order valence-electron chi connectivity index (χ3n) is 3.25. The number of methoxy groups -OCH3 is 1. The Hall–Kier alpha value is -2.37. The number of ether oxygens (including phenoxy) is 1. The van der Waals surface area contributed by atoms with Gasteiger partial charge in [0, 0.05) is 6.42 Å². The van der Waals surface area contributed by atoms with Gasteiger partial charge in [-0.2, -0.15) is 0 Å². The highest BCUT2D eigenvalue weighted by Crippen LogP contribution is 2.24. The Morgan fingerprint density at radius 1 is 1.45 bits per heavy atom. The van der Waals surface area contributed by atoms with Gasteiger partial charge < -0.3 is 9.84 Å². The second kappa shape index (κ2) is 5.73. The van der Waals surface area contributed by atoms with E-state index in [1.807, 2.05) is 12.1 Å². The molecule has 1 aromatic carbocycles. The first-order chi connectivity index (χ1) is 9.51. The average molecular weight is 277 g/mol. The summed E-state index contributed by atoms with van der Waals surface area (Å²) in [7, 11) is 1.55. The van der Waals surface area contributed by atoms with E-state index in [0.717, 1.165) is 10.5 Å². The van der Waals surface area contributed by atoms with Crippen LogP contribution in [0.4, 0.5) is 0 Å². The van der Waals surface area contributed by atoms with E-state index in [9.17, 15) is 14.4 Å². The van der Waals surface area contributed by atoms with E-state index < -0.39 is 30.2 Å². The number of rotatable bonds is 5. The fraction of sp³-hybridized carbons (Fsp3) is 0.357. The molecule has 0 bridgehead atoms. The van der Waals surface area contributed by atoms with Gasteiger partial charge in [-0.25, -0.2) is 0 Å². The molecule has 0 spiro atoms. The minimum Gasteiger partial charge on any atom is -0.497 e. The van der Waals surface area contributed by atoms with Crippen LogP contribution in [0.1, 0.15) is 12.0 Å². The number of carboxylic acid groups (broad SMARTS) is 1. The maximum Gasteiger partial charge on any atom is 0.323 e. The Labute approximate surface area is 115 Å². The van der Waals surface area contributed by atoms with E-state index in [-0.39, 0.29) is 6.42 Å². The number of hydrogen-bond acceptors (Lipinski definition) is 4. The highest BCUT2D eigenvalue weighted by atomic mass is 16.5. The average Bonchev–Trinajstić information content (AvgIpc) is 2.66. The van der Waals surface area contributed by atoms with Crippen LogP contribution < -0.4 is 4.74 Å². The Balaban J connectivity index is 2.08. The summed E-state index contributed by atoms with van der Waals surface area (Å²) >= 11 is 0. The van der Waals surface area contributed by atoms with Crippen LogP contribution in [-0.4, -0.2) is 41.4 Å². The van der Waals surface area contributed by atoms with Gasteiger partial charge in [-0.3, -0.25) is 19.3 Å². The van der Waals surface area contributed by atoms with E-state index in [1.54, 1.807) is 19.2 Å². The molecule has 20 heavy (non-hydrogen) atoms. The Kier molecular flexibility index (Phi) is 4.02. The molecule has 6 heteroatoms. The minimum atomic E-state index is -1.19. The van der Waals surface area contributed by atoms with E-state index in [0.29, 0.717) is 12.2 Å². The molecule has 1 unspecified atom stereocenters. The number of imide groups is 1. The van der Waals surface area contributed by atoms with Crippen LogP contribution in [0.5, 0.6) is 5.75 Å². The fourth-order valence-corrected chi connectivity index (χ4v) is 2.30. The first-order valence-corrected chi connectivity index (χ1v) is 6.20.